The van der Waals surface area contributed by atoms with Crippen LogP contribution in [0.3, 0.4) is 0 Å². The first-order valence-electron chi connectivity index (χ1n) is 4.89. The summed E-state index contributed by atoms with van der Waals surface area (Å²) in [6.07, 6.45) is 0. The number of benzene rings is 2. The maximum atomic E-state index is 13.2. The second-order valence-corrected chi connectivity index (χ2v) is 4.20. The highest BCUT2D eigenvalue weighted by atomic mass is 35.5. The van der Waals surface area contributed by atoms with Gasteiger partial charge in [0.05, 0.1) is 5.02 Å². The molecule has 0 unspecified atom stereocenters. The smallest absolute Gasteiger partial charge is 0.142 e. The molecular formula is C13H8Cl2FO. The molecule has 0 amide bonds. The Balaban J connectivity index is 2.12. The van der Waals surface area contributed by atoms with Gasteiger partial charge in [0.15, 0.2) is 0 Å². The first-order valence-corrected chi connectivity index (χ1v) is 5.65. The van der Waals surface area contributed by atoms with E-state index >= 15 is 0 Å². The van der Waals surface area contributed by atoms with Crippen molar-refractivity contribution in [2.75, 3.05) is 0 Å². The fourth-order valence-electron chi connectivity index (χ4n) is 1.30. The predicted molar refractivity (Wildman–Crippen MR) is 66.0 cm³/mol. The molecule has 0 atom stereocenters. The molecule has 0 aliphatic carbocycles. The van der Waals surface area contributed by atoms with Crippen molar-refractivity contribution < 1.29 is 9.13 Å². The molecule has 2 aromatic rings. The highest BCUT2D eigenvalue weighted by Crippen LogP contribution is 2.25. The number of hydrogen-bond acceptors (Lipinski definition) is 1. The molecule has 0 heterocycles. The molecule has 17 heavy (non-hydrogen) atoms. The Morgan fingerprint density at radius 2 is 2.06 bits per heavy atom. The lowest BCUT2D eigenvalue weighted by atomic mass is 10.2. The third-order valence-electron chi connectivity index (χ3n) is 2.16. The van der Waals surface area contributed by atoms with Crippen molar-refractivity contribution in [3.05, 3.63) is 63.9 Å². The normalized spacial score (nSPS) is 10.3. The number of rotatable bonds is 3. The highest BCUT2D eigenvalue weighted by molar-refractivity contribution is 6.35. The molecule has 4 heteroatoms. The molecule has 0 aliphatic heterocycles. The molecule has 0 fully saturated rings. The van der Waals surface area contributed by atoms with Gasteiger partial charge in [0.2, 0.25) is 0 Å². The summed E-state index contributed by atoms with van der Waals surface area (Å²) in [5, 5.41) is 0.392. The van der Waals surface area contributed by atoms with E-state index < -0.39 is 5.82 Å². The first kappa shape index (κ1) is 12.2. The van der Waals surface area contributed by atoms with Crippen molar-refractivity contribution in [3.63, 3.8) is 0 Å². The SMILES string of the molecule is Fc1cc(COc2c[c]ccc2)c(Cl)cc1Cl. The van der Waals surface area contributed by atoms with E-state index in [1.165, 1.54) is 12.1 Å². The molecule has 1 radical (unpaired) electrons. The van der Waals surface area contributed by atoms with E-state index in [4.69, 9.17) is 27.9 Å². The van der Waals surface area contributed by atoms with Crippen molar-refractivity contribution >= 4 is 23.2 Å². The Bertz CT molecular complexity index is 514. The summed E-state index contributed by atoms with van der Waals surface area (Å²) in [6, 6.07) is 12.6. The Hall–Kier alpha value is -1.25. The molecule has 0 saturated heterocycles. The maximum absolute atomic E-state index is 13.2. The van der Waals surface area contributed by atoms with E-state index in [0.29, 0.717) is 16.3 Å². The van der Waals surface area contributed by atoms with Crippen molar-refractivity contribution in [2.45, 2.75) is 6.61 Å². The topological polar surface area (TPSA) is 9.23 Å². The van der Waals surface area contributed by atoms with Gasteiger partial charge in [-0.3, -0.25) is 0 Å². The van der Waals surface area contributed by atoms with Crippen LogP contribution in [0.25, 0.3) is 0 Å². The molecule has 0 N–H and O–H groups in total. The molecule has 87 valence electrons. The van der Waals surface area contributed by atoms with Crippen molar-refractivity contribution in [2.24, 2.45) is 0 Å². The zero-order valence-corrected chi connectivity index (χ0v) is 10.2. The van der Waals surface area contributed by atoms with Gasteiger partial charge in [0.25, 0.3) is 0 Å². The van der Waals surface area contributed by atoms with E-state index in [1.807, 2.05) is 0 Å². The summed E-state index contributed by atoms with van der Waals surface area (Å²) >= 11 is 11.5. The van der Waals surface area contributed by atoms with Gasteiger partial charge in [0, 0.05) is 10.6 Å². The van der Waals surface area contributed by atoms with Crippen LogP contribution >= 0.6 is 23.2 Å². The highest BCUT2D eigenvalue weighted by Gasteiger charge is 2.07. The minimum atomic E-state index is -0.505. The van der Waals surface area contributed by atoms with Crippen LogP contribution in [0.4, 0.5) is 4.39 Å². The van der Waals surface area contributed by atoms with Gasteiger partial charge in [-0.2, -0.15) is 0 Å². The summed E-state index contributed by atoms with van der Waals surface area (Å²) in [7, 11) is 0. The van der Waals surface area contributed by atoms with E-state index in [1.54, 1.807) is 24.3 Å². The minimum Gasteiger partial charge on any atom is -0.489 e. The number of halogens is 3. The van der Waals surface area contributed by atoms with Crippen LogP contribution in [0.1, 0.15) is 5.56 Å². The van der Waals surface area contributed by atoms with Gasteiger partial charge in [-0.25, -0.2) is 4.39 Å². The van der Waals surface area contributed by atoms with Gasteiger partial charge >= 0.3 is 0 Å². The molecule has 2 aromatic carbocycles. The van der Waals surface area contributed by atoms with E-state index in [9.17, 15) is 4.39 Å². The van der Waals surface area contributed by atoms with Crippen molar-refractivity contribution in [1.82, 2.24) is 0 Å². The van der Waals surface area contributed by atoms with Crippen LogP contribution in [-0.4, -0.2) is 0 Å². The second kappa shape index (κ2) is 5.39. The van der Waals surface area contributed by atoms with Crippen LogP contribution in [0.5, 0.6) is 5.75 Å². The summed E-state index contributed by atoms with van der Waals surface area (Å²) < 4.78 is 18.7. The number of ether oxygens (including phenoxy) is 1. The van der Waals surface area contributed by atoms with Gasteiger partial charge in [-0.05, 0) is 30.3 Å². The zero-order chi connectivity index (χ0) is 12.3. The lowest BCUT2D eigenvalue weighted by molar-refractivity contribution is 0.305. The van der Waals surface area contributed by atoms with E-state index in [2.05, 4.69) is 6.07 Å². The molecule has 1 nitrogen and oxygen atoms in total. The average Bonchev–Trinajstić information content (AvgIpc) is 2.33. The third-order valence-corrected chi connectivity index (χ3v) is 2.80. The fourth-order valence-corrected chi connectivity index (χ4v) is 1.74. The summed E-state index contributed by atoms with van der Waals surface area (Å²) in [6.45, 7) is 0.185. The molecule has 0 saturated carbocycles. The minimum absolute atomic E-state index is 0.00629. The number of hydrogen-bond donors (Lipinski definition) is 0. The molecule has 0 bridgehead atoms. The van der Waals surface area contributed by atoms with Gasteiger partial charge in [0.1, 0.15) is 18.2 Å². The van der Waals surface area contributed by atoms with Crippen LogP contribution in [0.2, 0.25) is 10.0 Å². The largest absolute Gasteiger partial charge is 0.489 e. The van der Waals surface area contributed by atoms with Gasteiger partial charge in [-0.1, -0.05) is 35.3 Å². The zero-order valence-electron chi connectivity index (χ0n) is 8.71. The van der Waals surface area contributed by atoms with Gasteiger partial charge in [-0.15, -0.1) is 0 Å². The maximum Gasteiger partial charge on any atom is 0.142 e. The molecule has 0 aromatic heterocycles. The molecule has 0 aliphatic rings. The summed E-state index contributed by atoms with van der Waals surface area (Å²) in [4.78, 5) is 0. The Morgan fingerprint density at radius 3 is 2.76 bits per heavy atom. The predicted octanol–water partition coefficient (Wildman–Crippen LogP) is 4.51. The Kier molecular flexibility index (Phi) is 3.87. The van der Waals surface area contributed by atoms with Crippen LogP contribution < -0.4 is 4.74 Å². The Morgan fingerprint density at radius 1 is 1.24 bits per heavy atom. The third kappa shape index (κ3) is 3.11. The molecule has 2 rings (SSSR count). The van der Waals surface area contributed by atoms with E-state index in [-0.39, 0.29) is 11.6 Å². The average molecular weight is 270 g/mol. The standard InChI is InChI=1S/C13H8Cl2FO/c14-11-7-12(15)13(16)6-9(11)8-17-10-4-2-1-3-5-10/h1-2,4-7H,8H2. The first-order chi connectivity index (χ1) is 8.16. The van der Waals surface area contributed by atoms with Crippen LogP contribution in [-0.2, 0) is 6.61 Å². The Labute approximate surface area is 109 Å². The molecular weight excluding hydrogens is 262 g/mol. The lowest BCUT2D eigenvalue weighted by Crippen LogP contribution is -1.97. The quantitative estimate of drug-likeness (QED) is 0.745. The van der Waals surface area contributed by atoms with E-state index in [0.717, 1.165) is 0 Å². The van der Waals surface area contributed by atoms with Crippen molar-refractivity contribution in [1.29, 1.82) is 0 Å². The van der Waals surface area contributed by atoms with Crippen LogP contribution in [0.15, 0.2) is 36.4 Å². The molecule has 0 spiro atoms. The second-order valence-electron chi connectivity index (χ2n) is 3.39. The monoisotopic (exact) mass is 269 g/mol. The van der Waals surface area contributed by atoms with Crippen molar-refractivity contribution in [3.8, 4) is 5.75 Å². The summed E-state index contributed by atoms with van der Waals surface area (Å²) in [5.74, 6) is 0.146. The van der Waals surface area contributed by atoms with Gasteiger partial charge < -0.3 is 4.74 Å². The summed E-state index contributed by atoms with van der Waals surface area (Å²) in [5.41, 5.74) is 0.553. The fraction of sp³-hybridized carbons (Fsp3) is 0.0769. The van der Waals surface area contributed by atoms with Crippen LogP contribution in [0, 0.1) is 11.9 Å². The lowest BCUT2D eigenvalue weighted by Gasteiger charge is -2.08.